The van der Waals surface area contributed by atoms with E-state index in [0.717, 1.165) is 6.92 Å². The molecule has 0 aromatic carbocycles. The van der Waals surface area contributed by atoms with Crippen LogP contribution in [0.4, 0.5) is 0 Å². The van der Waals surface area contributed by atoms with E-state index in [4.69, 9.17) is 10.2 Å². The number of rotatable bonds is 3. The molecule has 62 valence electrons. The molecule has 5 nitrogen and oxygen atoms in total. The van der Waals surface area contributed by atoms with Crippen molar-refractivity contribution in [3.8, 4) is 0 Å². The van der Waals surface area contributed by atoms with Gasteiger partial charge in [-0.25, -0.2) is 8.42 Å². The smallest absolute Gasteiger partial charge is 0.748 e. The fraction of sp³-hybridized carbons (Fsp3) is 1.00. The Morgan fingerprint density at radius 1 is 1.55 bits per heavy atom. The summed E-state index contributed by atoms with van der Waals surface area (Å²) in [4.78, 5) is 0. The second kappa shape index (κ2) is 4.76. The van der Waals surface area contributed by atoms with Crippen molar-refractivity contribution in [2.45, 2.75) is 12.5 Å². The molecule has 0 aliphatic carbocycles. The Morgan fingerprint density at radius 2 is 1.91 bits per heavy atom. The molecule has 11 heavy (non-hydrogen) atoms. The summed E-state index contributed by atoms with van der Waals surface area (Å²) in [6.07, 6.45) is 0. The summed E-state index contributed by atoms with van der Waals surface area (Å²) >= 11 is 0. The van der Waals surface area contributed by atoms with Gasteiger partial charge in [0, 0.05) is 0 Å². The predicted molar refractivity (Wildman–Crippen MR) is 32.3 cm³/mol. The molecule has 0 amide bonds. The molecule has 0 fully saturated rings. The molecule has 0 spiro atoms. The van der Waals surface area contributed by atoms with Crippen LogP contribution in [0.3, 0.4) is 0 Å². The third kappa shape index (κ3) is 8.74. The topological polar surface area (TPSA) is 97.7 Å². The molecule has 0 heterocycles. The summed E-state index contributed by atoms with van der Waals surface area (Å²) in [5.74, 6) is -0.962. The Kier molecular flexibility index (Phi) is 6.21. The van der Waals surface area contributed by atoms with Gasteiger partial charge in [0.1, 0.15) is 0 Å². The van der Waals surface area contributed by atoms with Crippen LogP contribution in [-0.4, -0.2) is 41.1 Å². The standard InChI is InChI=1S/C4H10O5S.Na/c1-4(6,2-5)3-10(7,8)9;/h5-6H,2-3H2,1H3,(H,7,8,9);/q;+1/p-1. The molecule has 1 unspecified atom stereocenters. The fourth-order valence-electron chi connectivity index (χ4n) is 0.426. The van der Waals surface area contributed by atoms with E-state index in [-0.39, 0.29) is 29.6 Å². The van der Waals surface area contributed by atoms with Crippen molar-refractivity contribution in [2.24, 2.45) is 0 Å². The second-order valence-corrected chi connectivity index (χ2v) is 3.76. The average Bonchev–Trinajstić information content (AvgIpc) is 1.60. The third-order valence-electron chi connectivity index (χ3n) is 0.828. The van der Waals surface area contributed by atoms with E-state index >= 15 is 0 Å². The molecule has 0 rings (SSSR count). The summed E-state index contributed by atoms with van der Waals surface area (Å²) in [7, 11) is -4.45. The first-order valence-corrected chi connectivity index (χ1v) is 4.11. The van der Waals surface area contributed by atoms with E-state index in [1.807, 2.05) is 0 Å². The van der Waals surface area contributed by atoms with Gasteiger partial charge in [0.2, 0.25) is 0 Å². The zero-order valence-corrected chi connectivity index (χ0v) is 9.26. The van der Waals surface area contributed by atoms with E-state index in [9.17, 15) is 13.0 Å². The predicted octanol–water partition coefficient (Wildman–Crippen LogP) is -4.72. The molecule has 0 bridgehead atoms. The summed E-state index contributed by atoms with van der Waals surface area (Å²) in [5.41, 5.74) is -1.82. The molecule has 0 aromatic heterocycles. The minimum Gasteiger partial charge on any atom is -0.748 e. The molecule has 0 radical (unpaired) electrons. The maximum atomic E-state index is 9.98. The number of hydrogen-bond donors (Lipinski definition) is 2. The van der Waals surface area contributed by atoms with E-state index in [2.05, 4.69) is 0 Å². The van der Waals surface area contributed by atoms with Gasteiger partial charge in [0.05, 0.1) is 28.1 Å². The van der Waals surface area contributed by atoms with Crippen LogP contribution in [0, 0.1) is 0 Å². The Balaban J connectivity index is 0. The molecular weight excluding hydrogens is 183 g/mol. The largest absolute Gasteiger partial charge is 1.00 e. The normalized spacial score (nSPS) is 16.7. The average molecular weight is 192 g/mol. The SMILES string of the molecule is CC(O)(CO)CS(=O)(=O)[O-].[Na+]. The Hall–Kier alpha value is 0.830. The van der Waals surface area contributed by atoms with Crippen LogP contribution in [0.25, 0.3) is 0 Å². The van der Waals surface area contributed by atoms with Crippen molar-refractivity contribution >= 4 is 10.1 Å². The van der Waals surface area contributed by atoms with Crippen molar-refractivity contribution in [2.75, 3.05) is 12.4 Å². The number of aliphatic hydroxyl groups is 2. The van der Waals surface area contributed by atoms with Crippen molar-refractivity contribution in [1.82, 2.24) is 0 Å². The molecule has 0 saturated carbocycles. The fourth-order valence-corrected chi connectivity index (χ4v) is 1.28. The van der Waals surface area contributed by atoms with Crippen molar-refractivity contribution in [3.63, 3.8) is 0 Å². The first-order chi connectivity index (χ1) is 4.27. The first kappa shape index (κ1) is 14.4. The zero-order valence-electron chi connectivity index (χ0n) is 6.44. The van der Waals surface area contributed by atoms with Crippen LogP contribution in [0.2, 0.25) is 0 Å². The molecule has 0 aromatic rings. The van der Waals surface area contributed by atoms with Crippen molar-refractivity contribution in [3.05, 3.63) is 0 Å². The van der Waals surface area contributed by atoms with Crippen LogP contribution >= 0.6 is 0 Å². The van der Waals surface area contributed by atoms with Gasteiger partial charge in [-0.2, -0.15) is 0 Å². The molecule has 7 heteroatoms. The minimum absolute atomic E-state index is 0. The summed E-state index contributed by atoms with van der Waals surface area (Å²) < 4.78 is 29.9. The first-order valence-electron chi connectivity index (χ1n) is 2.54. The quantitative estimate of drug-likeness (QED) is 0.346. The molecule has 2 N–H and O–H groups in total. The monoisotopic (exact) mass is 192 g/mol. The second-order valence-electron chi connectivity index (χ2n) is 2.36. The number of aliphatic hydroxyl groups excluding tert-OH is 1. The summed E-state index contributed by atoms with van der Waals surface area (Å²) in [5, 5.41) is 17.1. The number of hydrogen-bond acceptors (Lipinski definition) is 5. The van der Waals surface area contributed by atoms with Crippen molar-refractivity contribution < 1.29 is 52.7 Å². The van der Waals surface area contributed by atoms with Gasteiger partial charge < -0.3 is 14.8 Å². The molecule has 0 aliphatic rings. The molecular formula is C4H9NaO5S. The van der Waals surface area contributed by atoms with Crippen LogP contribution in [0.15, 0.2) is 0 Å². The molecule has 1 atom stereocenters. The maximum absolute atomic E-state index is 9.98. The van der Waals surface area contributed by atoms with E-state index in [1.54, 1.807) is 0 Å². The van der Waals surface area contributed by atoms with Gasteiger partial charge in [-0.3, -0.25) is 0 Å². The van der Waals surface area contributed by atoms with E-state index < -0.39 is 28.1 Å². The molecule has 0 aliphatic heterocycles. The zero-order chi connectivity index (χ0) is 8.41. The third-order valence-corrected chi connectivity index (χ3v) is 1.80. The summed E-state index contributed by atoms with van der Waals surface area (Å²) in [6.45, 7) is 0.330. The van der Waals surface area contributed by atoms with Gasteiger partial charge >= 0.3 is 29.6 Å². The van der Waals surface area contributed by atoms with E-state index in [1.165, 1.54) is 0 Å². The van der Waals surface area contributed by atoms with Gasteiger partial charge in [-0.15, -0.1) is 0 Å². The molecule has 0 saturated heterocycles. The van der Waals surface area contributed by atoms with Crippen LogP contribution in [0.5, 0.6) is 0 Å². The Labute approximate surface area is 87.5 Å². The maximum Gasteiger partial charge on any atom is 1.00 e. The van der Waals surface area contributed by atoms with Gasteiger partial charge in [0.25, 0.3) is 0 Å². The van der Waals surface area contributed by atoms with Gasteiger partial charge in [-0.1, -0.05) is 0 Å². The van der Waals surface area contributed by atoms with Gasteiger partial charge in [0.15, 0.2) is 0 Å². The van der Waals surface area contributed by atoms with Crippen molar-refractivity contribution in [1.29, 1.82) is 0 Å². The summed E-state index contributed by atoms with van der Waals surface area (Å²) in [6, 6.07) is 0. The minimum atomic E-state index is -4.45. The van der Waals surface area contributed by atoms with Gasteiger partial charge in [-0.05, 0) is 6.92 Å². The Morgan fingerprint density at radius 3 is 2.00 bits per heavy atom. The van der Waals surface area contributed by atoms with Crippen LogP contribution in [-0.2, 0) is 10.1 Å². The van der Waals surface area contributed by atoms with Crippen LogP contribution in [0.1, 0.15) is 6.92 Å². The van der Waals surface area contributed by atoms with E-state index in [0.29, 0.717) is 0 Å². The van der Waals surface area contributed by atoms with Crippen LogP contribution < -0.4 is 29.6 Å². The Bertz CT molecular complexity index is 197.